The summed E-state index contributed by atoms with van der Waals surface area (Å²) in [6.45, 7) is 10.1. The maximum atomic E-state index is 16.3. The zero-order valence-corrected chi connectivity index (χ0v) is 62.1. The van der Waals surface area contributed by atoms with Crippen molar-refractivity contribution in [1.82, 2.24) is 26.6 Å². The number of primary amides is 1. The number of hydrogen-bond acceptors (Lipinski definition) is 25. The first-order valence-electron chi connectivity index (χ1n) is 35.9. The number of phenolic OH excluding ortho intramolecular Hbond substituents is 3. The van der Waals surface area contributed by atoms with Gasteiger partial charge < -0.3 is 111 Å². The van der Waals surface area contributed by atoms with Crippen LogP contribution in [0.25, 0.3) is 11.1 Å². The minimum absolute atomic E-state index is 0.0130. The Balaban J connectivity index is 1.13. The quantitative estimate of drug-likeness (QED) is 0.0441. The zero-order valence-electron chi connectivity index (χ0n) is 60.6. The summed E-state index contributed by atoms with van der Waals surface area (Å²) in [5, 5.41) is 119. The number of nitrogens with two attached hydrogens (primary N) is 1. The molecule has 13 rings (SSSR count). The summed E-state index contributed by atoms with van der Waals surface area (Å²) >= 11 is 14.3. The molecule has 110 heavy (non-hydrogen) atoms. The third-order valence-corrected chi connectivity index (χ3v) is 21.2. The number of carbonyl (C=O) groups excluding carboxylic acids is 8. The number of Topliss-reactive ketones (excluding diaryl/α,β-unsaturated/α-hetero) is 2. The van der Waals surface area contributed by atoms with Crippen LogP contribution in [0.1, 0.15) is 149 Å². The molecule has 0 radical (unpaired) electrons. The van der Waals surface area contributed by atoms with Gasteiger partial charge in [0.25, 0.3) is 6.47 Å². The van der Waals surface area contributed by atoms with Crippen molar-refractivity contribution in [3.63, 3.8) is 0 Å². The lowest BCUT2D eigenvalue weighted by Gasteiger charge is -2.48. The van der Waals surface area contributed by atoms with Gasteiger partial charge in [-0.3, -0.25) is 38.4 Å². The fourth-order valence-corrected chi connectivity index (χ4v) is 15.0. The molecule has 30 nitrogen and oxygen atoms in total. The van der Waals surface area contributed by atoms with E-state index in [9.17, 15) is 65.1 Å². The zero-order chi connectivity index (χ0) is 79.5. The average Bonchev–Trinajstić information content (AvgIpc) is 0.762. The van der Waals surface area contributed by atoms with Gasteiger partial charge in [-0.05, 0) is 127 Å². The number of benzene rings is 6. The minimum atomic E-state index is -2.17. The molecule has 5 amide bonds. The maximum absolute atomic E-state index is 16.3. The molecule has 32 heteroatoms. The van der Waals surface area contributed by atoms with Crippen molar-refractivity contribution in [2.75, 3.05) is 6.61 Å². The standard InChI is InChI=1S/C78H88Cl2N6O24/c1-7-36-9-11-37(12-10-36)31-82-78(6)30-60(105-35(5)71(78)99)109-70-68(98)67(97)58(32-87)108-77(70)110-69-56-24-42-25-57(69)107-55-18-15-41(22-49(55)80)66(96)64-75(103)86-76(104-33-88)47-27-44(89)28-51(91)61(47)46-20-39(13-16-50(46)90)45(74(102)85-64)29-53(93)62(42)83-73(101)43(26-59(81)94)23-52(92)63(84-72(100)38(8-2)19-34(3)4)65(95)40-14-17-54(106-56)48(79)21-40/h9-18,20-22,24-25,27-28,33-35,38,43,45,58,60,62-68,70-71,76-77,82,87,89-91,95-99H,7-8,19,23,26,29-32H2,1-6H3,(H2,81,94)(H,83,101)(H,84,100)(H,85,102)(H,86,103)/t35?,38-,43+,45+,58-,60+,62-,63+,64+,65-,66-,67?,68?,70-,71-,76-,77?,78?/m1/s1. The topological polar surface area (TPSA) is 469 Å². The van der Waals surface area contributed by atoms with Crippen molar-refractivity contribution in [3.05, 3.63) is 152 Å². The van der Waals surface area contributed by atoms with Crippen molar-refractivity contribution < 1.29 is 117 Å². The van der Waals surface area contributed by atoms with Gasteiger partial charge in [0, 0.05) is 66.4 Å². The number of amides is 5. The maximum Gasteiger partial charge on any atom is 0.295 e. The smallest absolute Gasteiger partial charge is 0.295 e. The van der Waals surface area contributed by atoms with Gasteiger partial charge in [0.2, 0.25) is 47.8 Å². The lowest BCUT2D eigenvalue weighted by molar-refractivity contribution is -0.334. The van der Waals surface area contributed by atoms with E-state index in [4.69, 9.17) is 62.1 Å². The van der Waals surface area contributed by atoms with Crippen molar-refractivity contribution in [2.24, 2.45) is 23.5 Å². The molecule has 2 saturated heterocycles. The molecule has 18 atom stereocenters. The summed E-state index contributed by atoms with van der Waals surface area (Å²) in [7, 11) is 0. The molecular weight excluding hydrogens is 1480 g/mol. The molecule has 6 aromatic carbocycles. The highest BCUT2D eigenvalue weighted by Crippen LogP contribution is 2.51. The van der Waals surface area contributed by atoms with Gasteiger partial charge in [0.15, 0.2) is 35.5 Å². The summed E-state index contributed by atoms with van der Waals surface area (Å²) in [6.07, 6.45) is -20.6. The van der Waals surface area contributed by atoms with Gasteiger partial charge in [0.05, 0.1) is 40.7 Å². The van der Waals surface area contributed by atoms with Crippen molar-refractivity contribution >= 4 is 70.8 Å². The molecule has 2 fully saturated rings. The van der Waals surface area contributed by atoms with E-state index < -0.39 is 211 Å². The number of aliphatic hydroxyl groups excluding tert-OH is 6. The predicted octanol–water partition coefficient (Wildman–Crippen LogP) is 5.96. The van der Waals surface area contributed by atoms with Gasteiger partial charge in [-0.1, -0.05) is 93.4 Å². The highest BCUT2D eigenvalue weighted by atomic mass is 35.5. The molecule has 11 bridgehead atoms. The number of nitrogens with one attached hydrogen (secondary N) is 5. The Labute approximate surface area is 641 Å². The Morgan fingerprint density at radius 2 is 1.37 bits per heavy atom. The van der Waals surface area contributed by atoms with Gasteiger partial charge >= 0.3 is 0 Å². The largest absolute Gasteiger partial charge is 0.508 e. The van der Waals surface area contributed by atoms with Crippen LogP contribution in [0.5, 0.6) is 46.0 Å². The van der Waals surface area contributed by atoms with E-state index in [1.807, 2.05) is 45.0 Å². The monoisotopic (exact) mass is 1560 g/mol. The van der Waals surface area contributed by atoms with Crippen LogP contribution in [0.3, 0.4) is 0 Å². The third-order valence-electron chi connectivity index (χ3n) is 20.6. The highest BCUT2D eigenvalue weighted by Gasteiger charge is 2.52. The Hall–Kier alpha value is -9.54. The number of rotatable bonds is 18. The van der Waals surface area contributed by atoms with Crippen LogP contribution in [-0.4, -0.2) is 167 Å². The Morgan fingerprint density at radius 3 is 1.98 bits per heavy atom. The molecule has 0 aromatic heterocycles. The molecule has 5 unspecified atom stereocenters. The number of aryl methyl sites for hydroxylation is 1. The lowest BCUT2D eigenvalue weighted by Crippen LogP contribution is -2.65. The van der Waals surface area contributed by atoms with E-state index in [0.717, 1.165) is 60.0 Å². The van der Waals surface area contributed by atoms with E-state index in [1.165, 1.54) is 36.4 Å². The first-order valence-corrected chi connectivity index (χ1v) is 36.7. The van der Waals surface area contributed by atoms with Crippen molar-refractivity contribution in [1.29, 1.82) is 0 Å². The second-order valence-electron chi connectivity index (χ2n) is 28.8. The molecule has 6 aromatic rings. The molecule has 0 aliphatic carbocycles. The van der Waals surface area contributed by atoms with Crippen LogP contribution in [0.4, 0.5) is 0 Å². The number of aliphatic hydroxyl groups is 6. The van der Waals surface area contributed by atoms with Crippen molar-refractivity contribution in [3.8, 4) is 57.1 Å². The van der Waals surface area contributed by atoms with Gasteiger partial charge in [0.1, 0.15) is 77.4 Å². The Kier molecular flexibility index (Phi) is 25.5. The number of carbonyl (C=O) groups is 8. The second kappa shape index (κ2) is 34.4. The molecule has 7 heterocycles. The Morgan fingerprint density at radius 1 is 0.727 bits per heavy atom. The second-order valence-corrected chi connectivity index (χ2v) is 29.7. The fraction of sp³-hybridized carbons (Fsp3) is 0.436. The van der Waals surface area contributed by atoms with Crippen LogP contribution < -0.4 is 46.5 Å². The Bertz CT molecular complexity index is 4470. The van der Waals surface area contributed by atoms with E-state index in [1.54, 1.807) is 20.8 Å². The number of phenols is 3. The highest BCUT2D eigenvalue weighted by molar-refractivity contribution is 6.32. The van der Waals surface area contributed by atoms with Crippen LogP contribution in [0, 0.1) is 17.8 Å². The normalized spacial score (nSPS) is 28.1. The molecule has 7 aliphatic heterocycles. The van der Waals surface area contributed by atoms with Gasteiger partial charge in [-0.2, -0.15) is 0 Å². The van der Waals surface area contributed by atoms with Crippen LogP contribution >= 0.6 is 23.2 Å². The number of ether oxygens (including phenoxy) is 7. The lowest BCUT2D eigenvalue weighted by atomic mass is 9.84. The summed E-state index contributed by atoms with van der Waals surface area (Å²) in [5.41, 5.74) is 4.74. The van der Waals surface area contributed by atoms with E-state index in [-0.39, 0.29) is 85.8 Å². The first-order chi connectivity index (χ1) is 52.3. The molecule has 16 N–H and O–H groups in total. The van der Waals surface area contributed by atoms with Crippen LogP contribution in [0.2, 0.25) is 10.0 Å². The fourth-order valence-electron chi connectivity index (χ4n) is 14.5. The third kappa shape index (κ3) is 17.8. The van der Waals surface area contributed by atoms with E-state index in [0.29, 0.717) is 12.8 Å². The van der Waals surface area contributed by atoms with Crippen LogP contribution in [-0.2, 0) is 70.3 Å². The van der Waals surface area contributed by atoms with Gasteiger partial charge in [-0.15, -0.1) is 0 Å². The number of hydrogen-bond donors (Lipinski definition) is 15. The predicted molar refractivity (Wildman–Crippen MR) is 391 cm³/mol. The van der Waals surface area contributed by atoms with Crippen molar-refractivity contribution in [2.45, 2.75) is 190 Å². The molecule has 0 saturated carbocycles. The number of halogens is 2. The number of fused-ring (bicyclic) bond motifs is 15. The van der Waals surface area contributed by atoms with Gasteiger partial charge in [-0.25, -0.2) is 0 Å². The molecular formula is C78H88Cl2N6O24. The summed E-state index contributed by atoms with van der Waals surface area (Å²) in [5.74, 6) is -16.5. The summed E-state index contributed by atoms with van der Waals surface area (Å²) in [4.78, 5) is 117. The summed E-state index contributed by atoms with van der Waals surface area (Å²) in [6, 6.07) is 16.4. The average molecular weight is 1560 g/mol. The minimum Gasteiger partial charge on any atom is -0.508 e. The van der Waals surface area contributed by atoms with E-state index >= 15 is 19.2 Å². The van der Waals surface area contributed by atoms with E-state index in [2.05, 4.69) is 26.6 Å². The molecule has 7 aliphatic rings. The molecule has 0 spiro atoms. The van der Waals surface area contributed by atoms with Crippen LogP contribution in [0.15, 0.2) is 103 Å². The molecule has 588 valence electrons. The first kappa shape index (κ1) is 81.4. The number of ketones is 2. The summed E-state index contributed by atoms with van der Waals surface area (Å²) < 4.78 is 44.8. The SMILES string of the molecule is CCc1ccc(CNC2(C)C[C@H](O[C@H]3C(Oc4c5cc6cc4Oc4ccc(cc4Cl)[C@@H](O)[C@@H](NC(=O)[C@H](CC)CC(C)C)C(=O)C[C@@H](CC(N)=O)C(=O)N[C@H]6C(=O)C[C@@H]4C(=O)N[C@H](C(=O)N[C@H](OC=O)c6cc(O)cc(O)c6-c6cc4ccc6O)[C@H](O)c4ccc(c(Cl)c4)O5)O[C@H](CO)C(O)C3O)OC(C)[C@H]2O)cc1. The number of aromatic hydroxyl groups is 3.